The molecule has 1 aliphatic heterocycles. The van der Waals surface area contributed by atoms with Gasteiger partial charge in [-0.2, -0.15) is 0 Å². The standard InChI is InChI=1S/C16H20N4O2/c21-16(14-5-9-22-18-14)20-7-1-2-13(11-20)15-17-6-8-19(15)10-12-3-4-12/h5-6,8-9,12-13H,1-4,7,10-11H2. The molecule has 1 aliphatic carbocycles. The zero-order chi connectivity index (χ0) is 14.9. The first-order valence-electron chi connectivity index (χ1n) is 8.02. The summed E-state index contributed by atoms with van der Waals surface area (Å²) in [6.45, 7) is 2.57. The summed E-state index contributed by atoms with van der Waals surface area (Å²) < 4.78 is 7.07. The lowest BCUT2D eigenvalue weighted by molar-refractivity contribution is 0.0692. The van der Waals surface area contributed by atoms with Crippen molar-refractivity contribution in [2.24, 2.45) is 5.92 Å². The fourth-order valence-corrected chi connectivity index (χ4v) is 3.27. The lowest BCUT2D eigenvalue weighted by Gasteiger charge is -2.32. The minimum Gasteiger partial charge on any atom is -0.364 e. The van der Waals surface area contributed by atoms with E-state index < -0.39 is 0 Å². The molecule has 0 aromatic carbocycles. The molecule has 1 unspecified atom stereocenters. The Labute approximate surface area is 129 Å². The van der Waals surface area contributed by atoms with Crippen LogP contribution >= 0.6 is 0 Å². The zero-order valence-corrected chi connectivity index (χ0v) is 12.5. The smallest absolute Gasteiger partial charge is 0.276 e. The van der Waals surface area contributed by atoms with Crippen molar-refractivity contribution in [1.82, 2.24) is 19.6 Å². The quantitative estimate of drug-likeness (QED) is 0.869. The molecule has 116 valence electrons. The van der Waals surface area contributed by atoms with Crippen molar-refractivity contribution < 1.29 is 9.32 Å². The molecule has 2 aromatic rings. The van der Waals surface area contributed by atoms with Crippen LogP contribution in [0.25, 0.3) is 0 Å². The molecule has 1 saturated carbocycles. The van der Waals surface area contributed by atoms with Crippen LogP contribution in [0.1, 0.15) is 47.9 Å². The van der Waals surface area contributed by atoms with Gasteiger partial charge in [0.15, 0.2) is 5.69 Å². The van der Waals surface area contributed by atoms with E-state index in [1.807, 2.05) is 11.1 Å². The van der Waals surface area contributed by atoms with Crippen LogP contribution in [0.15, 0.2) is 29.2 Å². The molecular weight excluding hydrogens is 280 g/mol. The highest BCUT2D eigenvalue weighted by atomic mass is 16.5. The maximum atomic E-state index is 12.4. The highest BCUT2D eigenvalue weighted by Gasteiger charge is 2.30. The third-order valence-electron chi connectivity index (χ3n) is 4.63. The van der Waals surface area contributed by atoms with E-state index in [4.69, 9.17) is 4.52 Å². The molecule has 0 bridgehead atoms. The first kappa shape index (κ1) is 13.5. The third kappa shape index (κ3) is 2.65. The second kappa shape index (κ2) is 5.59. The molecule has 1 amide bonds. The molecule has 1 saturated heterocycles. The molecule has 4 rings (SSSR count). The van der Waals surface area contributed by atoms with Crippen molar-refractivity contribution in [2.45, 2.75) is 38.1 Å². The predicted octanol–water partition coefficient (Wildman–Crippen LogP) is 2.30. The van der Waals surface area contributed by atoms with E-state index >= 15 is 0 Å². The van der Waals surface area contributed by atoms with Crippen molar-refractivity contribution in [3.63, 3.8) is 0 Å². The van der Waals surface area contributed by atoms with Gasteiger partial charge in [-0.05, 0) is 31.6 Å². The lowest BCUT2D eigenvalue weighted by atomic mass is 9.96. The first-order chi connectivity index (χ1) is 10.8. The molecule has 6 nitrogen and oxygen atoms in total. The van der Waals surface area contributed by atoms with Gasteiger partial charge in [-0.15, -0.1) is 0 Å². The number of rotatable bonds is 4. The van der Waals surface area contributed by atoms with Gasteiger partial charge in [0.1, 0.15) is 12.1 Å². The topological polar surface area (TPSA) is 64.2 Å². The van der Waals surface area contributed by atoms with Gasteiger partial charge in [-0.3, -0.25) is 4.79 Å². The van der Waals surface area contributed by atoms with Crippen LogP contribution < -0.4 is 0 Å². The summed E-state index contributed by atoms with van der Waals surface area (Å²) in [6.07, 6.45) is 10.2. The highest BCUT2D eigenvalue weighted by molar-refractivity contribution is 5.92. The fraction of sp³-hybridized carbons (Fsp3) is 0.562. The van der Waals surface area contributed by atoms with Gasteiger partial charge in [0, 0.05) is 44.0 Å². The Morgan fingerprint density at radius 1 is 1.36 bits per heavy atom. The van der Waals surface area contributed by atoms with E-state index in [-0.39, 0.29) is 5.91 Å². The summed E-state index contributed by atoms with van der Waals surface area (Å²) in [4.78, 5) is 18.9. The number of aromatic nitrogens is 3. The van der Waals surface area contributed by atoms with Crippen molar-refractivity contribution in [3.05, 3.63) is 36.2 Å². The highest BCUT2D eigenvalue weighted by Crippen LogP contribution is 2.33. The second-order valence-electron chi connectivity index (χ2n) is 6.36. The third-order valence-corrected chi connectivity index (χ3v) is 4.63. The predicted molar refractivity (Wildman–Crippen MR) is 79.3 cm³/mol. The van der Waals surface area contributed by atoms with Crippen molar-refractivity contribution in [3.8, 4) is 0 Å². The summed E-state index contributed by atoms with van der Waals surface area (Å²) in [5, 5.41) is 3.76. The van der Waals surface area contributed by atoms with Crippen LogP contribution in [0.4, 0.5) is 0 Å². The Kier molecular flexibility index (Phi) is 3.44. The number of likely N-dealkylation sites (tertiary alicyclic amines) is 1. The monoisotopic (exact) mass is 300 g/mol. The summed E-state index contributed by atoms with van der Waals surface area (Å²) in [7, 11) is 0. The molecule has 2 aromatic heterocycles. The number of carbonyl (C=O) groups is 1. The molecule has 22 heavy (non-hydrogen) atoms. The van der Waals surface area contributed by atoms with Crippen molar-refractivity contribution in [2.75, 3.05) is 13.1 Å². The van der Waals surface area contributed by atoms with Gasteiger partial charge in [-0.1, -0.05) is 5.16 Å². The number of carbonyl (C=O) groups excluding carboxylic acids is 1. The molecule has 0 N–H and O–H groups in total. The summed E-state index contributed by atoms with van der Waals surface area (Å²) >= 11 is 0. The lowest BCUT2D eigenvalue weighted by Crippen LogP contribution is -2.40. The Balaban J connectivity index is 1.48. The van der Waals surface area contributed by atoms with Crippen LogP contribution in [0.3, 0.4) is 0 Å². The van der Waals surface area contributed by atoms with Crippen LogP contribution in [-0.2, 0) is 6.54 Å². The van der Waals surface area contributed by atoms with E-state index in [2.05, 4.69) is 20.9 Å². The molecule has 3 heterocycles. The normalized spacial score (nSPS) is 22.0. The summed E-state index contributed by atoms with van der Waals surface area (Å²) in [5.41, 5.74) is 0.391. The van der Waals surface area contributed by atoms with E-state index in [1.54, 1.807) is 6.07 Å². The van der Waals surface area contributed by atoms with Gasteiger partial charge in [0.05, 0.1) is 0 Å². The van der Waals surface area contributed by atoms with E-state index in [9.17, 15) is 4.79 Å². The number of piperidine rings is 1. The Hall–Kier alpha value is -2.11. The number of amides is 1. The molecule has 0 radical (unpaired) electrons. The van der Waals surface area contributed by atoms with E-state index in [0.717, 1.165) is 37.7 Å². The van der Waals surface area contributed by atoms with E-state index in [0.29, 0.717) is 18.2 Å². The van der Waals surface area contributed by atoms with Gasteiger partial charge >= 0.3 is 0 Å². The van der Waals surface area contributed by atoms with Crippen LogP contribution in [0, 0.1) is 5.92 Å². The van der Waals surface area contributed by atoms with E-state index in [1.165, 1.54) is 19.1 Å². The van der Waals surface area contributed by atoms with Gasteiger partial charge in [0.2, 0.25) is 0 Å². The molecular formula is C16H20N4O2. The minimum absolute atomic E-state index is 0.0428. The average molecular weight is 300 g/mol. The summed E-state index contributed by atoms with van der Waals surface area (Å²) in [5.74, 6) is 2.23. The molecule has 1 atom stereocenters. The first-order valence-corrected chi connectivity index (χ1v) is 8.02. The molecule has 0 spiro atoms. The van der Waals surface area contributed by atoms with Gasteiger partial charge in [0.25, 0.3) is 5.91 Å². The number of imidazole rings is 1. The van der Waals surface area contributed by atoms with Gasteiger partial charge in [-0.25, -0.2) is 4.98 Å². The molecule has 2 fully saturated rings. The minimum atomic E-state index is -0.0428. The second-order valence-corrected chi connectivity index (χ2v) is 6.36. The Morgan fingerprint density at radius 3 is 3.05 bits per heavy atom. The largest absolute Gasteiger partial charge is 0.364 e. The number of hydrogen-bond donors (Lipinski definition) is 0. The van der Waals surface area contributed by atoms with Crippen LogP contribution in [-0.4, -0.2) is 38.6 Å². The number of hydrogen-bond acceptors (Lipinski definition) is 4. The maximum Gasteiger partial charge on any atom is 0.276 e. The SMILES string of the molecule is O=C(c1ccon1)N1CCCC(c2nccn2CC2CC2)C1. The summed E-state index contributed by atoms with van der Waals surface area (Å²) in [6, 6.07) is 1.62. The number of nitrogens with zero attached hydrogens (tertiary/aromatic N) is 4. The fourth-order valence-electron chi connectivity index (χ4n) is 3.27. The Bertz CT molecular complexity index is 645. The van der Waals surface area contributed by atoms with Crippen molar-refractivity contribution in [1.29, 1.82) is 0 Å². The average Bonchev–Trinajstić information content (AvgIpc) is 3.04. The van der Waals surface area contributed by atoms with Gasteiger partial charge < -0.3 is 14.0 Å². The molecule has 6 heteroatoms. The van der Waals surface area contributed by atoms with Crippen LogP contribution in [0.5, 0.6) is 0 Å². The zero-order valence-electron chi connectivity index (χ0n) is 12.5. The molecule has 2 aliphatic rings. The Morgan fingerprint density at radius 2 is 2.27 bits per heavy atom. The maximum absolute atomic E-state index is 12.4. The van der Waals surface area contributed by atoms with Crippen LogP contribution in [0.2, 0.25) is 0 Å². The van der Waals surface area contributed by atoms with Crippen molar-refractivity contribution >= 4 is 5.91 Å².